The molecule has 5 nitrogen and oxygen atoms in total. The fraction of sp³-hybridized carbons (Fsp3) is 0.333. The van der Waals surface area contributed by atoms with E-state index in [4.69, 9.17) is 5.73 Å². The SMILES string of the molecule is Cc1c(C(=O)N(C)C(C)c2cccc(N)c2)cnn1C. The number of carbonyl (C=O) groups excluding carboxylic acids is 1. The minimum atomic E-state index is -0.0504. The zero-order chi connectivity index (χ0) is 14.9. The van der Waals surface area contributed by atoms with E-state index in [-0.39, 0.29) is 11.9 Å². The van der Waals surface area contributed by atoms with Gasteiger partial charge in [0.05, 0.1) is 17.8 Å². The van der Waals surface area contributed by atoms with E-state index in [0.29, 0.717) is 11.3 Å². The largest absolute Gasteiger partial charge is 0.399 e. The molecule has 0 aliphatic rings. The second kappa shape index (κ2) is 5.36. The second-order valence-electron chi connectivity index (χ2n) is 5.03. The predicted molar refractivity (Wildman–Crippen MR) is 79.3 cm³/mol. The molecular weight excluding hydrogens is 252 g/mol. The van der Waals surface area contributed by atoms with E-state index in [1.165, 1.54) is 0 Å². The number of amides is 1. The summed E-state index contributed by atoms with van der Waals surface area (Å²) in [5.41, 5.74) is 9.01. The van der Waals surface area contributed by atoms with Gasteiger partial charge in [-0.15, -0.1) is 0 Å². The molecule has 0 spiro atoms. The third kappa shape index (κ3) is 2.52. The van der Waals surface area contributed by atoms with Crippen LogP contribution in [0.4, 0.5) is 5.69 Å². The molecule has 2 rings (SSSR count). The molecule has 106 valence electrons. The summed E-state index contributed by atoms with van der Waals surface area (Å²) in [4.78, 5) is 14.2. The summed E-state index contributed by atoms with van der Waals surface area (Å²) in [7, 11) is 3.62. The minimum absolute atomic E-state index is 0.0366. The number of anilines is 1. The lowest BCUT2D eigenvalue weighted by molar-refractivity contribution is 0.0742. The van der Waals surface area contributed by atoms with Crippen LogP contribution in [-0.2, 0) is 7.05 Å². The standard InChI is InChI=1S/C15H20N4O/c1-10(12-6-5-7-13(16)8-12)18(3)15(20)14-9-17-19(4)11(14)2/h5-10H,16H2,1-4H3. The molecule has 2 N–H and O–H groups in total. The van der Waals surface area contributed by atoms with Crippen molar-refractivity contribution in [3.8, 4) is 0 Å². The van der Waals surface area contributed by atoms with Crippen molar-refractivity contribution in [3.05, 3.63) is 47.3 Å². The highest BCUT2D eigenvalue weighted by atomic mass is 16.2. The Hall–Kier alpha value is -2.30. The Kier molecular flexibility index (Phi) is 3.79. The monoisotopic (exact) mass is 272 g/mol. The Bertz CT molecular complexity index is 633. The Balaban J connectivity index is 2.24. The van der Waals surface area contributed by atoms with Gasteiger partial charge < -0.3 is 10.6 Å². The number of hydrogen-bond acceptors (Lipinski definition) is 3. The van der Waals surface area contributed by atoms with Crippen molar-refractivity contribution in [1.82, 2.24) is 14.7 Å². The Morgan fingerprint density at radius 3 is 2.70 bits per heavy atom. The van der Waals surface area contributed by atoms with E-state index >= 15 is 0 Å². The van der Waals surface area contributed by atoms with Gasteiger partial charge in [-0.2, -0.15) is 5.10 Å². The first-order valence-electron chi connectivity index (χ1n) is 6.53. The van der Waals surface area contributed by atoms with Gasteiger partial charge in [-0.25, -0.2) is 0 Å². The fourth-order valence-electron chi connectivity index (χ4n) is 2.12. The third-order valence-corrected chi connectivity index (χ3v) is 3.76. The van der Waals surface area contributed by atoms with Crippen LogP contribution in [0.15, 0.2) is 30.5 Å². The molecule has 5 heteroatoms. The fourth-order valence-corrected chi connectivity index (χ4v) is 2.12. The number of rotatable bonds is 3. The van der Waals surface area contributed by atoms with Crippen LogP contribution < -0.4 is 5.73 Å². The van der Waals surface area contributed by atoms with E-state index < -0.39 is 0 Å². The summed E-state index contributed by atoms with van der Waals surface area (Å²) in [6.07, 6.45) is 1.61. The van der Waals surface area contributed by atoms with E-state index in [1.54, 1.807) is 22.8 Å². The van der Waals surface area contributed by atoms with Crippen LogP contribution in [0.2, 0.25) is 0 Å². The molecule has 1 heterocycles. The van der Waals surface area contributed by atoms with E-state index in [2.05, 4.69) is 5.10 Å². The van der Waals surface area contributed by atoms with Crippen LogP contribution in [-0.4, -0.2) is 27.6 Å². The van der Waals surface area contributed by atoms with E-state index in [1.807, 2.05) is 45.2 Å². The zero-order valence-corrected chi connectivity index (χ0v) is 12.3. The Morgan fingerprint density at radius 1 is 1.45 bits per heavy atom. The first-order valence-corrected chi connectivity index (χ1v) is 6.53. The summed E-state index contributed by atoms with van der Waals surface area (Å²) in [6, 6.07) is 7.55. The summed E-state index contributed by atoms with van der Waals surface area (Å²) in [5, 5.41) is 4.11. The highest BCUT2D eigenvalue weighted by Crippen LogP contribution is 2.23. The van der Waals surface area contributed by atoms with Crippen molar-refractivity contribution in [2.45, 2.75) is 19.9 Å². The topological polar surface area (TPSA) is 64.2 Å². The molecule has 0 bridgehead atoms. The Labute approximate surface area is 119 Å². The van der Waals surface area contributed by atoms with Gasteiger partial charge in [0.15, 0.2) is 0 Å². The van der Waals surface area contributed by atoms with Gasteiger partial charge in [0.25, 0.3) is 5.91 Å². The van der Waals surface area contributed by atoms with Crippen LogP contribution in [0.5, 0.6) is 0 Å². The molecule has 0 radical (unpaired) electrons. The number of nitrogen functional groups attached to an aromatic ring is 1. The molecule has 0 saturated heterocycles. The highest BCUT2D eigenvalue weighted by Gasteiger charge is 2.22. The quantitative estimate of drug-likeness (QED) is 0.871. The smallest absolute Gasteiger partial charge is 0.257 e. The molecule has 1 aromatic heterocycles. The molecule has 0 fully saturated rings. The van der Waals surface area contributed by atoms with Crippen molar-refractivity contribution in [3.63, 3.8) is 0 Å². The molecule has 0 aliphatic carbocycles. The lowest BCUT2D eigenvalue weighted by atomic mass is 10.1. The van der Waals surface area contributed by atoms with Crippen molar-refractivity contribution in [2.75, 3.05) is 12.8 Å². The lowest BCUT2D eigenvalue weighted by Crippen LogP contribution is -2.30. The summed E-state index contributed by atoms with van der Waals surface area (Å²) in [6.45, 7) is 3.87. The molecule has 2 aromatic rings. The van der Waals surface area contributed by atoms with Gasteiger partial charge in [-0.1, -0.05) is 12.1 Å². The first-order chi connectivity index (χ1) is 9.41. The molecular formula is C15H20N4O. The molecule has 1 unspecified atom stereocenters. The second-order valence-corrected chi connectivity index (χ2v) is 5.03. The van der Waals surface area contributed by atoms with Gasteiger partial charge in [-0.05, 0) is 31.5 Å². The van der Waals surface area contributed by atoms with Crippen molar-refractivity contribution in [1.29, 1.82) is 0 Å². The van der Waals surface area contributed by atoms with Crippen molar-refractivity contribution < 1.29 is 4.79 Å². The minimum Gasteiger partial charge on any atom is -0.399 e. The van der Waals surface area contributed by atoms with Crippen molar-refractivity contribution >= 4 is 11.6 Å². The van der Waals surface area contributed by atoms with Gasteiger partial charge in [-0.3, -0.25) is 9.48 Å². The number of carbonyl (C=O) groups is 1. The molecule has 0 aliphatic heterocycles. The highest BCUT2D eigenvalue weighted by molar-refractivity contribution is 5.95. The van der Waals surface area contributed by atoms with Crippen LogP contribution in [0.25, 0.3) is 0 Å². The molecule has 0 saturated carbocycles. The number of hydrogen-bond donors (Lipinski definition) is 1. The normalized spacial score (nSPS) is 12.2. The number of nitrogens with zero attached hydrogens (tertiary/aromatic N) is 3. The maximum atomic E-state index is 12.5. The molecule has 20 heavy (non-hydrogen) atoms. The Morgan fingerprint density at radius 2 is 2.15 bits per heavy atom. The summed E-state index contributed by atoms with van der Waals surface area (Å²) < 4.78 is 1.70. The van der Waals surface area contributed by atoms with Gasteiger partial charge >= 0.3 is 0 Å². The average Bonchev–Trinajstić information content (AvgIpc) is 2.76. The maximum absolute atomic E-state index is 12.5. The summed E-state index contributed by atoms with van der Waals surface area (Å²) in [5.74, 6) is -0.0366. The van der Waals surface area contributed by atoms with E-state index in [9.17, 15) is 4.79 Å². The van der Waals surface area contributed by atoms with Crippen LogP contribution in [0, 0.1) is 6.92 Å². The van der Waals surface area contributed by atoms with E-state index in [0.717, 1.165) is 11.3 Å². The summed E-state index contributed by atoms with van der Waals surface area (Å²) >= 11 is 0. The molecule has 1 amide bonds. The van der Waals surface area contributed by atoms with Gasteiger partial charge in [0.1, 0.15) is 0 Å². The third-order valence-electron chi connectivity index (χ3n) is 3.76. The molecule has 1 atom stereocenters. The van der Waals surface area contributed by atoms with Gasteiger partial charge in [0, 0.05) is 25.5 Å². The zero-order valence-electron chi connectivity index (χ0n) is 12.3. The lowest BCUT2D eigenvalue weighted by Gasteiger charge is -2.25. The van der Waals surface area contributed by atoms with Crippen LogP contribution in [0.3, 0.4) is 0 Å². The van der Waals surface area contributed by atoms with Crippen molar-refractivity contribution in [2.24, 2.45) is 7.05 Å². The van der Waals surface area contributed by atoms with Crippen LogP contribution >= 0.6 is 0 Å². The van der Waals surface area contributed by atoms with Crippen LogP contribution in [0.1, 0.15) is 34.6 Å². The number of nitrogens with two attached hydrogens (primary N) is 1. The molecule has 1 aromatic carbocycles. The maximum Gasteiger partial charge on any atom is 0.257 e. The first kappa shape index (κ1) is 14.1. The van der Waals surface area contributed by atoms with Gasteiger partial charge in [0.2, 0.25) is 0 Å². The average molecular weight is 272 g/mol. The predicted octanol–water partition coefficient (Wildman–Crippen LogP) is 2.14. The number of aromatic nitrogens is 2. The number of benzene rings is 1. The number of aryl methyl sites for hydroxylation is 1.